The lowest BCUT2D eigenvalue weighted by molar-refractivity contribution is -0.154. The van der Waals surface area contributed by atoms with Crippen LogP contribution in [0.4, 0.5) is 0 Å². The molecular formula is C18H26O4. The Kier molecular flexibility index (Phi) is 4.55. The smallest absolute Gasteiger partial charge is 0.313 e. The summed E-state index contributed by atoms with van der Waals surface area (Å²) in [6.45, 7) is 4.48. The van der Waals surface area contributed by atoms with Crippen molar-refractivity contribution in [3.8, 4) is 0 Å². The molecule has 2 aliphatic carbocycles. The SMILES string of the molecule is CCCCOC(=O)[C@@H]1[C@@H]2[C@@H](C)OC(=O)[C@@H]2C=C2CCCC[C@H]21. The number of unbranched alkanes of at least 4 members (excludes halogenated alkanes) is 1. The highest BCUT2D eigenvalue weighted by atomic mass is 16.6. The van der Waals surface area contributed by atoms with Crippen molar-refractivity contribution in [2.75, 3.05) is 6.61 Å². The van der Waals surface area contributed by atoms with E-state index in [4.69, 9.17) is 9.47 Å². The molecule has 2 fully saturated rings. The molecule has 0 unspecified atom stereocenters. The molecule has 5 atom stereocenters. The van der Waals surface area contributed by atoms with Crippen LogP contribution in [0.15, 0.2) is 11.6 Å². The first-order valence-corrected chi connectivity index (χ1v) is 8.71. The first-order valence-electron chi connectivity index (χ1n) is 8.71. The summed E-state index contributed by atoms with van der Waals surface area (Å²) in [6.07, 6.45) is 8.17. The first kappa shape index (κ1) is 15.6. The van der Waals surface area contributed by atoms with E-state index >= 15 is 0 Å². The Balaban J connectivity index is 1.85. The van der Waals surface area contributed by atoms with Crippen molar-refractivity contribution in [2.45, 2.75) is 58.5 Å². The molecule has 0 aromatic rings. The van der Waals surface area contributed by atoms with Gasteiger partial charge in [-0.15, -0.1) is 0 Å². The monoisotopic (exact) mass is 306 g/mol. The summed E-state index contributed by atoms with van der Waals surface area (Å²) in [5.74, 6) is -0.535. The molecule has 0 N–H and O–H groups in total. The molecule has 0 bridgehead atoms. The van der Waals surface area contributed by atoms with Crippen LogP contribution in [0.3, 0.4) is 0 Å². The van der Waals surface area contributed by atoms with Crippen molar-refractivity contribution in [3.63, 3.8) is 0 Å². The van der Waals surface area contributed by atoms with Crippen molar-refractivity contribution < 1.29 is 19.1 Å². The molecule has 3 rings (SSSR count). The van der Waals surface area contributed by atoms with E-state index in [-0.39, 0.29) is 41.7 Å². The van der Waals surface area contributed by atoms with E-state index in [0.29, 0.717) is 6.61 Å². The molecule has 0 aromatic heterocycles. The molecule has 0 aromatic carbocycles. The van der Waals surface area contributed by atoms with Gasteiger partial charge in [-0.2, -0.15) is 0 Å². The number of allylic oxidation sites excluding steroid dienone is 1. The summed E-state index contributed by atoms with van der Waals surface area (Å²) >= 11 is 0. The largest absolute Gasteiger partial charge is 0.465 e. The van der Waals surface area contributed by atoms with E-state index in [1.165, 1.54) is 5.57 Å². The van der Waals surface area contributed by atoms with Gasteiger partial charge in [-0.1, -0.05) is 31.4 Å². The van der Waals surface area contributed by atoms with Crippen LogP contribution in [-0.2, 0) is 19.1 Å². The predicted octanol–water partition coefficient (Wildman–Crippen LogP) is 3.25. The van der Waals surface area contributed by atoms with E-state index < -0.39 is 0 Å². The van der Waals surface area contributed by atoms with Crippen LogP contribution >= 0.6 is 0 Å². The molecule has 0 spiro atoms. The molecule has 1 heterocycles. The van der Waals surface area contributed by atoms with Crippen LogP contribution < -0.4 is 0 Å². The van der Waals surface area contributed by atoms with Gasteiger partial charge in [0.1, 0.15) is 6.10 Å². The molecule has 122 valence electrons. The lowest BCUT2D eigenvalue weighted by atomic mass is 9.62. The Morgan fingerprint density at radius 2 is 2.23 bits per heavy atom. The molecule has 1 saturated heterocycles. The third-order valence-electron chi connectivity index (χ3n) is 5.49. The standard InChI is InChI=1S/C18H26O4/c1-3-4-9-21-18(20)16-13-8-6-5-7-12(13)10-14-15(16)11(2)22-17(14)19/h10-11,13-16H,3-9H2,1-2H3/t11-,13-,14-,15-,16+/m1/s1. The fraction of sp³-hybridized carbons (Fsp3) is 0.778. The summed E-state index contributed by atoms with van der Waals surface area (Å²) in [5.41, 5.74) is 1.29. The zero-order valence-corrected chi connectivity index (χ0v) is 13.5. The van der Waals surface area contributed by atoms with Crippen molar-refractivity contribution in [3.05, 3.63) is 11.6 Å². The summed E-state index contributed by atoms with van der Waals surface area (Å²) < 4.78 is 11.0. The highest BCUT2D eigenvalue weighted by molar-refractivity contribution is 5.82. The maximum absolute atomic E-state index is 12.7. The van der Waals surface area contributed by atoms with Crippen LogP contribution in [0, 0.1) is 23.7 Å². The van der Waals surface area contributed by atoms with Gasteiger partial charge in [0, 0.05) is 5.92 Å². The van der Waals surface area contributed by atoms with Crippen LogP contribution in [0.1, 0.15) is 52.4 Å². The fourth-order valence-corrected chi connectivity index (χ4v) is 4.40. The third-order valence-corrected chi connectivity index (χ3v) is 5.49. The average Bonchev–Trinajstić information content (AvgIpc) is 2.79. The Labute approximate surface area is 132 Å². The highest BCUT2D eigenvalue weighted by Gasteiger charge is 2.54. The third kappa shape index (κ3) is 2.68. The zero-order valence-electron chi connectivity index (χ0n) is 13.5. The van der Waals surface area contributed by atoms with E-state index in [9.17, 15) is 9.59 Å². The second kappa shape index (κ2) is 6.43. The lowest BCUT2D eigenvalue weighted by Gasteiger charge is -2.40. The number of hydrogen-bond acceptors (Lipinski definition) is 4. The Hall–Kier alpha value is -1.32. The van der Waals surface area contributed by atoms with Gasteiger partial charge in [-0.3, -0.25) is 9.59 Å². The number of fused-ring (bicyclic) bond motifs is 2. The summed E-state index contributed by atoms with van der Waals surface area (Å²) in [4.78, 5) is 24.8. The van der Waals surface area contributed by atoms with Gasteiger partial charge in [0.25, 0.3) is 0 Å². The molecule has 1 aliphatic heterocycles. The van der Waals surface area contributed by atoms with E-state index in [1.54, 1.807) is 0 Å². The normalized spacial score (nSPS) is 36.9. The van der Waals surface area contributed by atoms with E-state index in [2.05, 4.69) is 13.0 Å². The molecule has 3 aliphatic rings. The molecule has 1 saturated carbocycles. The van der Waals surface area contributed by atoms with Gasteiger partial charge >= 0.3 is 11.9 Å². The van der Waals surface area contributed by atoms with Crippen LogP contribution in [0.25, 0.3) is 0 Å². The Bertz CT molecular complexity index is 481. The fourth-order valence-electron chi connectivity index (χ4n) is 4.40. The number of ether oxygens (including phenoxy) is 2. The number of carbonyl (C=O) groups is 2. The number of rotatable bonds is 4. The second-order valence-electron chi connectivity index (χ2n) is 6.89. The van der Waals surface area contributed by atoms with Gasteiger partial charge in [-0.25, -0.2) is 0 Å². The molecule has 4 heteroatoms. The van der Waals surface area contributed by atoms with Crippen molar-refractivity contribution in [1.82, 2.24) is 0 Å². The second-order valence-corrected chi connectivity index (χ2v) is 6.89. The van der Waals surface area contributed by atoms with Gasteiger partial charge in [-0.05, 0) is 38.5 Å². The van der Waals surface area contributed by atoms with Gasteiger partial charge in [0.15, 0.2) is 0 Å². The topological polar surface area (TPSA) is 52.6 Å². The maximum Gasteiger partial charge on any atom is 0.313 e. The van der Waals surface area contributed by atoms with Gasteiger partial charge in [0.2, 0.25) is 0 Å². The van der Waals surface area contributed by atoms with Crippen LogP contribution in [-0.4, -0.2) is 24.6 Å². The maximum atomic E-state index is 12.7. The quantitative estimate of drug-likeness (QED) is 0.454. The number of hydrogen-bond donors (Lipinski definition) is 0. The van der Waals surface area contributed by atoms with Crippen molar-refractivity contribution in [2.24, 2.45) is 23.7 Å². The van der Waals surface area contributed by atoms with E-state index in [1.807, 2.05) is 6.92 Å². The van der Waals surface area contributed by atoms with E-state index in [0.717, 1.165) is 38.5 Å². The van der Waals surface area contributed by atoms with Crippen molar-refractivity contribution in [1.29, 1.82) is 0 Å². The number of carbonyl (C=O) groups excluding carboxylic acids is 2. The Morgan fingerprint density at radius 3 is 3.00 bits per heavy atom. The number of cyclic esters (lactones) is 1. The summed E-state index contributed by atoms with van der Waals surface area (Å²) in [7, 11) is 0. The van der Waals surface area contributed by atoms with Crippen molar-refractivity contribution >= 4 is 11.9 Å². The predicted molar refractivity (Wildman–Crippen MR) is 81.9 cm³/mol. The number of esters is 2. The minimum absolute atomic E-state index is 0.0477. The van der Waals surface area contributed by atoms with Gasteiger partial charge < -0.3 is 9.47 Å². The first-order chi connectivity index (χ1) is 10.6. The molecule has 0 radical (unpaired) electrons. The zero-order chi connectivity index (χ0) is 15.7. The minimum atomic E-state index is -0.247. The lowest BCUT2D eigenvalue weighted by Crippen LogP contribution is -2.43. The summed E-state index contributed by atoms with van der Waals surface area (Å²) in [5, 5.41) is 0. The van der Waals surface area contributed by atoms with Crippen LogP contribution in [0.5, 0.6) is 0 Å². The average molecular weight is 306 g/mol. The molecule has 0 amide bonds. The molecule has 22 heavy (non-hydrogen) atoms. The minimum Gasteiger partial charge on any atom is -0.465 e. The molecular weight excluding hydrogens is 280 g/mol. The van der Waals surface area contributed by atoms with Gasteiger partial charge in [0.05, 0.1) is 18.4 Å². The summed E-state index contributed by atoms with van der Waals surface area (Å²) in [6, 6.07) is 0. The molecule has 4 nitrogen and oxygen atoms in total. The highest BCUT2D eigenvalue weighted by Crippen LogP contribution is 2.50. The van der Waals surface area contributed by atoms with Crippen LogP contribution in [0.2, 0.25) is 0 Å². The Morgan fingerprint density at radius 1 is 1.41 bits per heavy atom.